The smallest absolute Gasteiger partial charge is 0.387 e. The maximum Gasteiger partial charge on any atom is 0.387 e. The molecule has 0 saturated carbocycles. The second kappa shape index (κ2) is 5.24. The molecule has 16 heavy (non-hydrogen) atoms. The average Bonchev–Trinajstić information content (AvgIpc) is 2.11. The number of ether oxygens (including phenoxy) is 2. The third-order valence-corrected chi connectivity index (χ3v) is 2.16. The highest BCUT2D eigenvalue weighted by Crippen LogP contribution is 2.36. The molecule has 1 rings (SSSR count). The Morgan fingerprint density at radius 3 is 2.12 bits per heavy atom. The molecule has 1 aromatic carbocycles. The fourth-order valence-corrected chi connectivity index (χ4v) is 1.35. The molecule has 90 valence electrons. The molecule has 2 N–H and O–H groups in total. The van der Waals surface area contributed by atoms with E-state index in [-0.39, 0.29) is 15.9 Å². The molecule has 0 aliphatic heterocycles. The second-order valence-electron chi connectivity index (χ2n) is 2.57. The minimum absolute atomic E-state index is 0.123. The fraction of sp³-hybridized carbons (Fsp3) is 0.250. The highest BCUT2D eigenvalue weighted by molar-refractivity contribution is 9.10. The number of hydrogen-bond acceptors (Lipinski definition) is 3. The predicted molar refractivity (Wildman–Crippen MR) is 51.8 cm³/mol. The van der Waals surface area contributed by atoms with E-state index in [0.29, 0.717) is 0 Å². The van der Waals surface area contributed by atoms with Crippen molar-refractivity contribution in [1.82, 2.24) is 0 Å². The molecule has 0 atom stereocenters. The van der Waals surface area contributed by atoms with E-state index in [1.54, 1.807) is 0 Å². The van der Waals surface area contributed by atoms with Crippen molar-refractivity contribution in [2.45, 2.75) is 13.2 Å². The standard InChI is InChI=1S/C8H6BrF4NO2/c9-4-1-3(15-7(10)11)2-5(6(4)14)16-8(12)13/h1-2,7-8H,14H2. The maximum atomic E-state index is 11.9. The topological polar surface area (TPSA) is 44.5 Å². The van der Waals surface area contributed by atoms with Crippen molar-refractivity contribution in [1.29, 1.82) is 0 Å². The minimum Gasteiger partial charge on any atom is -0.435 e. The van der Waals surface area contributed by atoms with Gasteiger partial charge in [-0.2, -0.15) is 17.6 Å². The van der Waals surface area contributed by atoms with Gasteiger partial charge in [0.2, 0.25) is 0 Å². The zero-order chi connectivity index (χ0) is 12.3. The quantitative estimate of drug-likeness (QED) is 0.686. The summed E-state index contributed by atoms with van der Waals surface area (Å²) in [6.07, 6.45) is 0. The molecule has 0 bridgehead atoms. The van der Waals surface area contributed by atoms with Crippen LogP contribution < -0.4 is 15.2 Å². The van der Waals surface area contributed by atoms with Gasteiger partial charge < -0.3 is 15.2 Å². The van der Waals surface area contributed by atoms with Crippen molar-refractivity contribution >= 4 is 21.6 Å². The lowest BCUT2D eigenvalue weighted by Crippen LogP contribution is -2.07. The number of rotatable bonds is 4. The van der Waals surface area contributed by atoms with Gasteiger partial charge in [0.05, 0.1) is 5.69 Å². The first-order valence-electron chi connectivity index (χ1n) is 3.88. The lowest BCUT2D eigenvalue weighted by Gasteiger charge is -2.12. The van der Waals surface area contributed by atoms with Crippen molar-refractivity contribution in [3.63, 3.8) is 0 Å². The summed E-state index contributed by atoms with van der Waals surface area (Å²) in [4.78, 5) is 0. The maximum absolute atomic E-state index is 11.9. The Kier molecular flexibility index (Phi) is 4.22. The van der Waals surface area contributed by atoms with E-state index in [1.807, 2.05) is 0 Å². The molecule has 0 radical (unpaired) electrons. The Labute approximate surface area is 96.3 Å². The lowest BCUT2D eigenvalue weighted by molar-refractivity contribution is -0.0540. The molecule has 0 heterocycles. The van der Waals surface area contributed by atoms with Gasteiger partial charge in [-0.05, 0) is 22.0 Å². The van der Waals surface area contributed by atoms with Gasteiger partial charge in [0.25, 0.3) is 0 Å². The van der Waals surface area contributed by atoms with Crippen LogP contribution in [0.4, 0.5) is 23.2 Å². The van der Waals surface area contributed by atoms with Crippen LogP contribution in [0.5, 0.6) is 11.5 Å². The van der Waals surface area contributed by atoms with Gasteiger partial charge in [-0.15, -0.1) is 0 Å². The third kappa shape index (κ3) is 3.44. The Morgan fingerprint density at radius 2 is 1.62 bits per heavy atom. The molecule has 0 amide bonds. The van der Waals surface area contributed by atoms with Crippen LogP contribution in [0, 0.1) is 0 Å². The molecular formula is C8H6BrF4NO2. The number of halogens is 5. The van der Waals surface area contributed by atoms with Crippen molar-refractivity contribution in [3.8, 4) is 11.5 Å². The summed E-state index contributed by atoms with van der Waals surface area (Å²) in [7, 11) is 0. The number of anilines is 1. The van der Waals surface area contributed by atoms with E-state index in [0.717, 1.165) is 12.1 Å². The van der Waals surface area contributed by atoms with Crippen LogP contribution in [0.3, 0.4) is 0 Å². The summed E-state index contributed by atoms with van der Waals surface area (Å²) in [6.45, 7) is -6.16. The first kappa shape index (κ1) is 12.9. The van der Waals surface area contributed by atoms with Crippen molar-refractivity contribution in [2.24, 2.45) is 0 Å². The molecule has 8 heteroatoms. The van der Waals surface area contributed by atoms with E-state index >= 15 is 0 Å². The molecule has 0 unspecified atom stereocenters. The summed E-state index contributed by atoms with van der Waals surface area (Å²) in [5.41, 5.74) is 5.26. The second-order valence-corrected chi connectivity index (χ2v) is 3.43. The molecular weight excluding hydrogens is 298 g/mol. The van der Waals surface area contributed by atoms with E-state index in [2.05, 4.69) is 25.4 Å². The first-order chi connectivity index (χ1) is 7.40. The number of benzene rings is 1. The Morgan fingerprint density at radius 1 is 1.06 bits per heavy atom. The van der Waals surface area contributed by atoms with Crippen LogP contribution in [0.1, 0.15) is 0 Å². The van der Waals surface area contributed by atoms with Crippen molar-refractivity contribution in [2.75, 3.05) is 5.73 Å². The van der Waals surface area contributed by atoms with Crippen molar-refractivity contribution < 1.29 is 27.0 Å². The number of hydrogen-bond donors (Lipinski definition) is 1. The number of nitrogen functional groups attached to an aromatic ring is 1. The highest BCUT2D eigenvalue weighted by atomic mass is 79.9. The minimum atomic E-state index is -3.10. The van der Waals surface area contributed by atoms with E-state index in [4.69, 9.17) is 5.73 Å². The Hall–Kier alpha value is -1.18. The Balaban J connectivity index is 3.01. The van der Waals surface area contributed by atoms with Gasteiger partial charge >= 0.3 is 13.2 Å². The SMILES string of the molecule is Nc1c(Br)cc(OC(F)F)cc1OC(F)F. The molecule has 0 spiro atoms. The van der Waals surface area contributed by atoms with Crippen LogP contribution in [0.25, 0.3) is 0 Å². The zero-order valence-electron chi connectivity index (χ0n) is 7.59. The third-order valence-electron chi connectivity index (χ3n) is 1.51. The normalized spacial score (nSPS) is 10.9. The largest absolute Gasteiger partial charge is 0.435 e. The summed E-state index contributed by atoms with van der Waals surface area (Å²) in [5.74, 6) is -0.758. The van der Waals surface area contributed by atoms with Crippen LogP contribution >= 0.6 is 15.9 Å². The zero-order valence-corrected chi connectivity index (χ0v) is 9.18. The molecule has 0 aliphatic carbocycles. The van der Waals surface area contributed by atoms with E-state index in [1.165, 1.54) is 0 Å². The van der Waals surface area contributed by atoms with Crippen LogP contribution in [0.15, 0.2) is 16.6 Å². The molecule has 0 aromatic heterocycles. The van der Waals surface area contributed by atoms with Crippen LogP contribution in [-0.2, 0) is 0 Å². The molecule has 0 saturated heterocycles. The number of nitrogens with two attached hydrogens (primary N) is 1. The molecule has 1 aromatic rings. The predicted octanol–water partition coefficient (Wildman–Crippen LogP) is 3.23. The van der Waals surface area contributed by atoms with Gasteiger partial charge in [-0.3, -0.25) is 0 Å². The van der Waals surface area contributed by atoms with Gasteiger partial charge in [0.1, 0.15) is 5.75 Å². The van der Waals surface area contributed by atoms with Crippen molar-refractivity contribution in [3.05, 3.63) is 16.6 Å². The van der Waals surface area contributed by atoms with Crippen LogP contribution in [0.2, 0.25) is 0 Å². The summed E-state index contributed by atoms with van der Waals surface area (Å²) < 4.78 is 55.9. The van der Waals surface area contributed by atoms with Gasteiger partial charge in [-0.1, -0.05) is 0 Å². The monoisotopic (exact) mass is 303 g/mol. The van der Waals surface area contributed by atoms with Crippen LogP contribution in [-0.4, -0.2) is 13.2 Å². The van der Waals surface area contributed by atoms with Gasteiger partial charge in [0, 0.05) is 10.5 Å². The molecule has 0 fully saturated rings. The van der Waals surface area contributed by atoms with Gasteiger partial charge in [-0.25, -0.2) is 0 Å². The van der Waals surface area contributed by atoms with Gasteiger partial charge in [0.15, 0.2) is 5.75 Å². The summed E-state index contributed by atoms with van der Waals surface area (Å²) in [5, 5.41) is 0. The Bertz CT molecular complexity index is 375. The summed E-state index contributed by atoms with van der Waals surface area (Å²) >= 11 is 2.90. The van der Waals surface area contributed by atoms with E-state index in [9.17, 15) is 17.6 Å². The molecule has 3 nitrogen and oxygen atoms in total. The fourth-order valence-electron chi connectivity index (χ4n) is 0.933. The lowest BCUT2D eigenvalue weighted by atomic mass is 10.3. The van der Waals surface area contributed by atoms with E-state index < -0.39 is 19.0 Å². The molecule has 0 aliphatic rings. The summed E-state index contributed by atoms with van der Waals surface area (Å²) in [6, 6.07) is 1.98. The first-order valence-corrected chi connectivity index (χ1v) is 4.68. The average molecular weight is 304 g/mol. The number of alkyl halides is 4. The highest BCUT2D eigenvalue weighted by Gasteiger charge is 2.14.